The average Bonchev–Trinajstić information content (AvgIpc) is 2.57. The molecule has 0 unspecified atom stereocenters. The first-order valence-corrected chi connectivity index (χ1v) is 7.83. The van der Waals surface area contributed by atoms with Gasteiger partial charge in [-0.05, 0) is 25.0 Å². The predicted octanol–water partition coefficient (Wildman–Crippen LogP) is 2.62. The Bertz CT molecular complexity index is 640. The Hall–Kier alpha value is -2.33. The fourth-order valence-corrected chi connectivity index (χ4v) is 2.35. The second-order valence-corrected chi connectivity index (χ2v) is 5.45. The summed E-state index contributed by atoms with van der Waals surface area (Å²) in [6, 6.07) is 15.7. The molecule has 0 aromatic heterocycles. The number of aryl methyl sites for hydroxylation is 2. The van der Waals surface area contributed by atoms with Crippen LogP contribution in [0.25, 0.3) is 0 Å². The highest BCUT2D eigenvalue weighted by Crippen LogP contribution is 2.17. The molecule has 2 aromatic carbocycles. The van der Waals surface area contributed by atoms with Crippen LogP contribution in [0.4, 0.5) is 0 Å². The van der Waals surface area contributed by atoms with Gasteiger partial charge in [-0.1, -0.05) is 48.0 Å². The van der Waals surface area contributed by atoms with E-state index in [1.54, 1.807) is 0 Å². The normalized spacial score (nSPS) is 10.3. The maximum Gasteiger partial charge on any atom is 0.220 e. The second kappa shape index (κ2) is 8.96. The first-order valence-electron chi connectivity index (χ1n) is 7.83. The number of carbonyl (C=O) groups excluding carboxylic acids is 1. The van der Waals surface area contributed by atoms with Gasteiger partial charge in [-0.15, -0.1) is 0 Å². The number of hydrogen-bond acceptors (Lipinski definition) is 3. The van der Waals surface area contributed by atoms with Crippen molar-refractivity contribution in [2.24, 2.45) is 0 Å². The third kappa shape index (κ3) is 5.75. The maximum absolute atomic E-state index is 12.0. The molecular weight excluding hydrogens is 290 g/mol. The average molecular weight is 313 g/mol. The van der Waals surface area contributed by atoms with Crippen molar-refractivity contribution < 1.29 is 14.6 Å². The minimum absolute atomic E-state index is 0.0171. The van der Waals surface area contributed by atoms with Crippen molar-refractivity contribution in [3.05, 3.63) is 65.2 Å². The predicted molar refractivity (Wildman–Crippen MR) is 90.4 cm³/mol. The lowest BCUT2D eigenvalue weighted by Gasteiger charge is -2.11. The van der Waals surface area contributed by atoms with E-state index in [9.17, 15) is 4.79 Å². The second-order valence-electron chi connectivity index (χ2n) is 5.45. The molecule has 0 aliphatic rings. The van der Waals surface area contributed by atoms with Gasteiger partial charge in [0, 0.05) is 18.5 Å². The molecule has 0 radical (unpaired) electrons. The van der Waals surface area contributed by atoms with Gasteiger partial charge in [-0.25, -0.2) is 0 Å². The fraction of sp³-hybridized carbons (Fsp3) is 0.316. The highest BCUT2D eigenvalue weighted by atomic mass is 16.5. The maximum atomic E-state index is 12.0. The van der Waals surface area contributed by atoms with Gasteiger partial charge in [-0.3, -0.25) is 4.79 Å². The quantitative estimate of drug-likeness (QED) is 0.787. The third-order valence-electron chi connectivity index (χ3n) is 3.52. The number of benzene rings is 2. The van der Waals surface area contributed by atoms with E-state index in [1.807, 2.05) is 49.4 Å². The molecule has 0 aliphatic heterocycles. The SMILES string of the molecule is Cc1cccc(CCC(=O)NCc2ccccc2OCCO)c1. The molecule has 0 spiro atoms. The summed E-state index contributed by atoms with van der Waals surface area (Å²) >= 11 is 0. The highest BCUT2D eigenvalue weighted by molar-refractivity contribution is 5.76. The minimum Gasteiger partial charge on any atom is -0.491 e. The van der Waals surface area contributed by atoms with Crippen LogP contribution in [0.3, 0.4) is 0 Å². The van der Waals surface area contributed by atoms with Crippen LogP contribution in [0.15, 0.2) is 48.5 Å². The van der Waals surface area contributed by atoms with Gasteiger partial charge < -0.3 is 15.2 Å². The largest absolute Gasteiger partial charge is 0.491 e. The molecule has 23 heavy (non-hydrogen) atoms. The van der Waals surface area contributed by atoms with Crippen LogP contribution >= 0.6 is 0 Å². The first kappa shape index (κ1) is 17.0. The third-order valence-corrected chi connectivity index (χ3v) is 3.52. The number of para-hydroxylation sites is 1. The number of nitrogens with one attached hydrogen (secondary N) is 1. The first-order chi connectivity index (χ1) is 11.2. The summed E-state index contributed by atoms with van der Waals surface area (Å²) in [6.07, 6.45) is 1.19. The Morgan fingerprint density at radius 3 is 2.78 bits per heavy atom. The van der Waals surface area contributed by atoms with Crippen LogP contribution in [-0.2, 0) is 17.8 Å². The molecule has 2 rings (SSSR count). The van der Waals surface area contributed by atoms with E-state index >= 15 is 0 Å². The lowest BCUT2D eigenvalue weighted by molar-refractivity contribution is -0.121. The molecule has 0 aliphatic carbocycles. The van der Waals surface area contributed by atoms with Crippen LogP contribution in [0.2, 0.25) is 0 Å². The van der Waals surface area contributed by atoms with Crippen LogP contribution < -0.4 is 10.1 Å². The molecule has 1 amide bonds. The smallest absolute Gasteiger partial charge is 0.220 e. The zero-order valence-corrected chi connectivity index (χ0v) is 13.4. The van der Waals surface area contributed by atoms with Crippen LogP contribution in [0, 0.1) is 6.92 Å². The number of aliphatic hydroxyl groups excluding tert-OH is 1. The summed E-state index contributed by atoms with van der Waals surface area (Å²) in [5, 5.41) is 11.8. The Kier molecular flexibility index (Phi) is 6.63. The molecule has 0 saturated carbocycles. The number of hydrogen-bond donors (Lipinski definition) is 2. The molecule has 4 nitrogen and oxygen atoms in total. The van der Waals surface area contributed by atoms with E-state index < -0.39 is 0 Å². The Morgan fingerprint density at radius 1 is 1.17 bits per heavy atom. The van der Waals surface area contributed by atoms with E-state index in [2.05, 4.69) is 11.4 Å². The Balaban J connectivity index is 1.82. The number of rotatable bonds is 8. The lowest BCUT2D eigenvalue weighted by atomic mass is 10.1. The molecule has 2 aromatic rings. The summed E-state index contributed by atoms with van der Waals surface area (Å²) in [7, 11) is 0. The van der Waals surface area contributed by atoms with Crippen LogP contribution in [-0.4, -0.2) is 24.2 Å². The molecular formula is C19H23NO3. The molecule has 2 N–H and O–H groups in total. The topological polar surface area (TPSA) is 58.6 Å². The van der Waals surface area contributed by atoms with E-state index in [-0.39, 0.29) is 19.1 Å². The molecule has 0 atom stereocenters. The van der Waals surface area contributed by atoms with Crippen molar-refractivity contribution >= 4 is 5.91 Å². The van der Waals surface area contributed by atoms with Crippen molar-refractivity contribution in [3.8, 4) is 5.75 Å². The summed E-state index contributed by atoms with van der Waals surface area (Å²) in [5.41, 5.74) is 3.29. The lowest BCUT2D eigenvalue weighted by Crippen LogP contribution is -2.23. The summed E-state index contributed by atoms with van der Waals surface area (Å²) in [6.45, 7) is 2.69. The fourth-order valence-electron chi connectivity index (χ4n) is 2.35. The molecule has 0 fully saturated rings. The van der Waals surface area contributed by atoms with Gasteiger partial charge in [0.05, 0.1) is 6.61 Å². The van der Waals surface area contributed by atoms with E-state index in [0.717, 1.165) is 12.0 Å². The van der Waals surface area contributed by atoms with E-state index in [4.69, 9.17) is 9.84 Å². The van der Waals surface area contributed by atoms with Gasteiger partial charge in [0.1, 0.15) is 12.4 Å². The zero-order valence-electron chi connectivity index (χ0n) is 13.4. The van der Waals surface area contributed by atoms with Gasteiger partial charge in [-0.2, -0.15) is 0 Å². The van der Waals surface area contributed by atoms with Crippen molar-refractivity contribution in [3.63, 3.8) is 0 Å². The van der Waals surface area contributed by atoms with Gasteiger partial charge in [0.2, 0.25) is 5.91 Å². The van der Waals surface area contributed by atoms with Crippen molar-refractivity contribution in [2.75, 3.05) is 13.2 Å². The summed E-state index contributed by atoms with van der Waals surface area (Å²) < 4.78 is 5.46. The summed E-state index contributed by atoms with van der Waals surface area (Å²) in [4.78, 5) is 12.0. The van der Waals surface area contributed by atoms with Crippen molar-refractivity contribution in [2.45, 2.75) is 26.3 Å². The molecule has 4 heteroatoms. The summed E-state index contributed by atoms with van der Waals surface area (Å²) in [5.74, 6) is 0.712. The number of carbonyl (C=O) groups is 1. The molecule has 0 saturated heterocycles. The van der Waals surface area contributed by atoms with Crippen LogP contribution in [0.5, 0.6) is 5.75 Å². The number of aliphatic hydroxyl groups is 1. The molecule has 0 heterocycles. The van der Waals surface area contributed by atoms with E-state index in [0.29, 0.717) is 18.7 Å². The molecule has 0 bridgehead atoms. The highest BCUT2D eigenvalue weighted by Gasteiger charge is 2.06. The minimum atomic E-state index is -0.0306. The van der Waals surface area contributed by atoms with Gasteiger partial charge in [0.15, 0.2) is 0 Å². The number of amides is 1. The van der Waals surface area contributed by atoms with Crippen LogP contribution in [0.1, 0.15) is 23.1 Å². The van der Waals surface area contributed by atoms with Crippen molar-refractivity contribution in [1.29, 1.82) is 0 Å². The Morgan fingerprint density at radius 2 is 2.00 bits per heavy atom. The zero-order chi connectivity index (χ0) is 16.5. The molecule has 122 valence electrons. The Labute approximate surface area is 137 Å². The van der Waals surface area contributed by atoms with E-state index in [1.165, 1.54) is 11.1 Å². The van der Waals surface area contributed by atoms with Crippen molar-refractivity contribution in [1.82, 2.24) is 5.32 Å². The standard InChI is InChI=1S/C19H23NO3/c1-15-5-4-6-16(13-15)9-10-19(22)20-14-17-7-2-3-8-18(17)23-12-11-21/h2-8,13,21H,9-12,14H2,1H3,(H,20,22). The van der Waals surface area contributed by atoms with Gasteiger partial charge >= 0.3 is 0 Å². The number of ether oxygens (including phenoxy) is 1. The van der Waals surface area contributed by atoms with Gasteiger partial charge in [0.25, 0.3) is 0 Å². The monoisotopic (exact) mass is 313 g/mol.